The molecule has 0 radical (unpaired) electrons. The summed E-state index contributed by atoms with van der Waals surface area (Å²) in [5, 5.41) is 0. The third-order valence-electron chi connectivity index (χ3n) is 2.00. The maximum atomic E-state index is 3.84. The largest absolute Gasteiger partial charge is 0.128 e. The van der Waals surface area contributed by atoms with Gasteiger partial charge in [-0.25, -0.2) is 0 Å². The Hall–Kier alpha value is -0.823. The van der Waals surface area contributed by atoms with E-state index in [4.69, 9.17) is 0 Å². The summed E-state index contributed by atoms with van der Waals surface area (Å²) in [6.07, 6.45) is 2.23. The lowest BCUT2D eigenvalue weighted by molar-refractivity contribution is 1.35. The fourth-order valence-electron chi connectivity index (χ4n) is 0.881. The van der Waals surface area contributed by atoms with Crippen LogP contribution in [0.3, 0.4) is 0 Å². The van der Waals surface area contributed by atoms with Crippen molar-refractivity contribution in [1.29, 1.82) is 0 Å². The molecule has 1 heteroatoms. The molecule has 0 aromatic rings. The van der Waals surface area contributed by atoms with Crippen molar-refractivity contribution in [3.8, 4) is 0 Å². The van der Waals surface area contributed by atoms with E-state index in [2.05, 4.69) is 39.7 Å². The van der Waals surface area contributed by atoms with Crippen LogP contribution in [-0.2, 0) is 0 Å². The van der Waals surface area contributed by atoms with Crippen molar-refractivity contribution >= 4 is 8.07 Å². The molecule has 0 N–H and O–H groups in total. The summed E-state index contributed by atoms with van der Waals surface area (Å²) in [5.41, 5.74) is 7.41. The van der Waals surface area contributed by atoms with Crippen LogP contribution in [0.1, 0.15) is 13.8 Å². The molecule has 0 aliphatic rings. The van der Waals surface area contributed by atoms with Gasteiger partial charge < -0.3 is 0 Å². The summed E-state index contributed by atoms with van der Waals surface area (Å²) in [5.74, 6) is 0. The topological polar surface area (TPSA) is 0 Å². The molecule has 0 saturated heterocycles. The SMILES string of the molecule is C=C[Si](C=C)(C=C)CC=C(C)C. The Labute approximate surface area is 77.0 Å². The third kappa shape index (κ3) is 3.05. The number of hydrogen-bond donors (Lipinski definition) is 0. The molecule has 0 bridgehead atoms. The highest BCUT2D eigenvalue weighted by atomic mass is 28.3. The van der Waals surface area contributed by atoms with Gasteiger partial charge in [0.1, 0.15) is 8.07 Å². The normalized spacial score (nSPS) is 10.2. The second kappa shape index (κ2) is 4.94. The first kappa shape index (κ1) is 11.2. The van der Waals surface area contributed by atoms with Crippen LogP contribution < -0.4 is 0 Å². The molecule has 0 spiro atoms. The van der Waals surface area contributed by atoms with Gasteiger partial charge in [-0.3, -0.25) is 0 Å². The zero-order chi connectivity index (χ0) is 9.61. The number of allylic oxidation sites excluding steroid dienone is 2. The summed E-state index contributed by atoms with van der Waals surface area (Å²) in [6, 6.07) is 1.05. The highest BCUT2D eigenvalue weighted by molar-refractivity contribution is 6.93. The maximum Gasteiger partial charge on any atom is 0.128 e. The molecule has 0 fully saturated rings. The van der Waals surface area contributed by atoms with E-state index >= 15 is 0 Å². The van der Waals surface area contributed by atoms with Crippen molar-refractivity contribution in [2.24, 2.45) is 0 Å². The summed E-state index contributed by atoms with van der Waals surface area (Å²) in [6.45, 7) is 15.7. The minimum absolute atomic E-state index is 1.05. The Morgan fingerprint density at radius 2 is 1.50 bits per heavy atom. The van der Waals surface area contributed by atoms with Gasteiger partial charge in [0.25, 0.3) is 0 Å². The molecule has 12 heavy (non-hydrogen) atoms. The standard InChI is InChI=1S/C11H18Si/c1-6-12(7-2,8-3)10-9-11(4)5/h6-9H,1-3,10H2,4-5H3. The minimum Gasteiger partial charge on any atom is -0.106 e. The monoisotopic (exact) mass is 178 g/mol. The van der Waals surface area contributed by atoms with Crippen LogP contribution in [0.4, 0.5) is 0 Å². The molecule has 0 heterocycles. The van der Waals surface area contributed by atoms with Crippen molar-refractivity contribution in [1.82, 2.24) is 0 Å². The van der Waals surface area contributed by atoms with Gasteiger partial charge in [0, 0.05) is 0 Å². The lowest BCUT2D eigenvalue weighted by atomic mass is 10.3. The van der Waals surface area contributed by atoms with Gasteiger partial charge in [-0.05, 0) is 19.9 Å². The van der Waals surface area contributed by atoms with Crippen LogP contribution in [0, 0.1) is 0 Å². The predicted octanol–water partition coefficient (Wildman–Crippen LogP) is 3.58. The molecule has 0 amide bonds. The fourth-order valence-corrected chi connectivity index (χ4v) is 2.64. The number of rotatable bonds is 5. The van der Waals surface area contributed by atoms with Gasteiger partial charge in [0.2, 0.25) is 0 Å². The van der Waals surface area contributed by atoms with E-state index in [0.717, 1.165) is 6.04 Å². The van der Waals surface area contributed by atoms with Crippen molar-refractivity contribution in [2.75, 3.05) is 0 Å². The molecule has 0 rings (SSSR count). The average molecular weight is 178 g/mol. The first-order chi connectivity index (χ1) is 5.60. The van der Waals surface area contributed by atoms with Gasteiger partial charge in [-0.15, -0.1) is 19.7 Å². The molecule has 0 aromatic carbocycles. The first-order valence-electron chi connectivity index (χ1n) is 4.14. The molecule has 0 atom stereocenters. The summed E-state index contributed by atoms with van der Waals surface area (Å²) >= 11 is 0. The molecule has 66 valence electrons. The van der Waals surface area contributed by atoms with Crippen LogP contribution in [-0.4, -0.2) is 8.07 Å². The molecular weight excluding hydrogens is 160 g/mol. The molecule has 0 saturated carbocycles. The third-order valence-corrected chi connectivity index (χ3v) is 5.20. The summed E-state index contributed by atoms with van der Waals surface area (Å²) < 4.78 is 0. The van der Waals surface area contributed by atoms with E-state index in [-0.39, 0.29) is 0 Å². The van der Waals surface area contributed by atoms with Crippen LogP contribution >= 0.6 is 0 Å². The van der Waals surface area contributed by atoms with Gasteiger partial charge in [0.15, 0.2) is 0 Å². The Bertz CT molecular complexity index is 185. The quantitative estimate of drug-likeness (QED) is 0.446. The van der Waals surface area contributed by atoms with Crippen molar-refractivity contribution < 1.29 is 0 Å². The van der Waals surface area contributed by atoms with Crippen molar-refractivity contribution in [2.45, 2.75) is 19.9 Å². The highest BCUT2D eigenvalue weighted by Gasteiger charge is 2.19. The van der Waals surface area contributed by atoms with Crippen LogP contribution in [0.5, 0.6) is 0 Å². The predicted molar refractivity (Wildman–Crippen MR) is 60.6 cm³/mol. The van der Waals surface area contributed by atoms with Gasteiger partial charge >= 0.3 is 0 Å². The minimum atomic E-state index is -1.56. The zero-order valence-corrected chi connectivity index (χ0v) is 9.14. The Balaban J connectivity index is 4.52. The van der Waals surface area contributed by atoms with Crippen molar-refractivity contribution in [3.05, 3.63) is 48.5 Å². The second-order valence-electron chi connectivity index (χ2n) is 3.21. The van der Waals surface area contributed by atoms with Gasteiger partial charge in [0.05, 0.1) is 0 Å². The van der Waals surface area contributed by atoms with E-state index in [1.807, 2.05) is 17.1 Å². The zero-order valence-electron chi connectivity index (χ0n) is 8.14. The summed E-state index contributed by atoms with van der Waals surface area (Å²) in [7, 11) is -1.56. The molecule has 0 aliphatic carbocycles. The lowest BCUT2D eigenvalue weighted by Crippen LogP contribution is -2.25. The van der Waals surface area contributed by atoms with Crippen LogP contribution in [0.15, 0.2) is 48.5 Å². The molecule has 0 unspecified atom stereocenters. The van der Waals surface area contributed by atoms with E-state index < -0.39 is 8.07 Å². The smallest absolute Gasteiger partial charge is 0.106 e. The van der Waals surface area contributed by atoms with E-state index in [9.17, 15) is 0 Å². The van der Waals surface area contributed by atoms with Crippen LogP contribution in [0.25, 0.3) is 0 Å². The van der Waals surface area contributed by atoms with E-state index in [1.54, 1.807) is 0 Å². The summed E-state index contributed by atoms with van der Waals surface area (Å²) in [4.78, 5) is 0. The van der Waals surface area contributed by atoms with Gasteiger partial charge in [-0.2, -0.15) is 0 Å². The van der Waals surface area contributed by atoms with Crippen LogP contribution in [0.2, 0.25) is 6.04 Å². The average Bonchev–Trinajstić information content (AvgIpc) is 2.08. The maximum absolute atomic E-state index is 3.84. The van der Waals surface area contributed by atoms with E-state index in [0.29, 0.717) is 0 Å². The van der Waals surface area contributed by atoms with Crippen molar-refractivity contribution in [3.63, 3.8) is 0 Å². The molecular formula is C11H18Si. The Morgan fingerprint density at radius 3 is 1.75 bits per heavy atom. The fraction of sp³-hybridized carbons (Fsp3) is 0.273. The molecule has 0 nitrogen and oxygen atoms in total. The molecule has 0 aromatic heterocycles. The lowest BCUT2D eigenvalue weighted by Gasteiger charge is -2.16. The number of hydrogen-bond acceptors (Lipinski definition) is 0. The van der Waals surface area contributed by atoms with E-state index in [1.165, 1.54) is 5.57 Å². The molecule has 0 aliphatic heterocycles. The Kier molecular flexibility index (Phi) is 4.60. The van der Waals surface area contributed by atoms with Gasteiger partial charge in [-0.1, -0.05) is 28.7 Å². The second-order valence-corrected chi connectivity index (χ2v) is 7.07. The highest BCUT2D eigenvalue weighted by Crippen LogP contribution is 2.15. The Morgan fingerprint density at radius 1 is 1.08 bits per heavy atom. The first-order valence-corrected chi connectivity index (χ1v) is 6.58.